The number of aldehydes is 1. The van der Waals surface area contributed by atoms with Crippen LogP contribution in [0.25, 0.3) is 0 Å². The maximum atomic E-state index is 11.7. The largest absolute Gasteiger partial charge is 0.434 e. The van der Waals surface area contributed by atoms with E-state index in [0.717, 1.165) is 0 Å². The van der Waals surface area contributed by atoms with Gasteiger partial charge in [-0.05, 0) is 39.5 Å². The van der Waals surface area contributed by atoms with Gasteiger partial charge in [-0.2, -0.15) is 5.48 Å². The van der Waals surface area contributed by atoms with Crippen molar-refractivity contribution in [2.24, 2.45) is 0 Å². The van der Waals surface area contributed by atoms with Crippen molar-refractivity contribution in [2.75, 3.05) is 6.54 Å². The minimum absolute atomic E-state index is 0.0235. The number of carbonyl (C=O) groups excluding carboxylic acids is 3. The number of aromatic nitrogens is 2. The second-order valence-electron chi connectivity index (χ2n) is 7.15. The molecule has 1 atom stereocenters. The average molecular weight is 383 g/mol. The predicted octanol–water partition coefficient (Wildman–Crippen LogP) is 0.185. The van der Waals surface area contributed by atoms with E-state index < -0.39 is 27.9 Å². The number of hydroxylamine groups is 1. The van der Waals surface area contributed by atoms with E-state index in [1.165, 1.54) is 37.7 Å². The first-order valence-electron chi connectivity index (χ1n) is 8.24. The first-order chi connectivity index (χ1) is 12.4. The molecule has 0 unspecified atom stereocenters. The fraction of sp³-hybridized carbons (Fsp3) is 0.625. The van der Waals surface area contributed by atoms with Gasteiger partial charge in [0.1, 0.15) is 36.4 Å². The Balaban J connectivity index is 2.93. The third-order valence-corrected chi connectivity index (χ3v) is 4.11. The number of nitrogens with one attached hydrogen (secondary N) is 2. The van der Waals surface area contributed by atoms with Crippen LogP contribution in [0.4, 0.5) is 5.95 Å². The lowest BCUT2D eigenvalue weighted by Gasteiger charge is -2.29. The summed E-state index contributed by atoms with van der Waals surface area (Å²) >= 11 is 0. The van der Waals surface area contributed by atoms with Crippen molar-refractivity contribution in [3.8, 4) is 0 Å². The Morgan fingerprint density at radius 3 is 2.52 bits per heavy atom. The van der Waals surface area contributed by atoms with Crippen LogP contribution in [0.1, 0.15) is 34.6 Å². The van der Waals surface area contributed by atoms with Gasteiger partial charge in [0, 0.05) is 6.54 Å². The molecule has 0 aliphatic heterocycles. The molecule has 2 N–H and O–H groups in total. The Kier molecular flexibility index (Phi) is 7.46. The van der Waals surface area contributed by atoms with Crippen LogP contribution in [0.15, 0.2) is 12.4 Å². The number of nitro groups is 1. The van der Waals surface area contributed by atoms with E-state index in [4.69, 9.17) is 4.84 Å². The van der Waals surface area contributed by atoms with Crippen LogP contribution < -0.4 is 10.8 Å². The highest BCUT2D eigenvalue weighted by molar-refractivity contribution is 6.28. The minimum atomic E-state index is -1.28. The van der Waals surface area contributed by atoms with Crippen molar-refractivity contribution in [1.82, 2.24) is 20.3 Å². The summed E-state index contributed by atoms with van der Waals surface area (Å²) in [6.45, 7) is 7.92. The molecule has 0 radical (unpaired) electrons. The van der Waals surface area contributed by atoms with E-state index in [1.807, 2.05) is 0 Å². The molecule has 0 aromatic carbocycles. The lowest BCUT2D eigenvalue weighted by atomic mass is 10.0. The van der Waals surface area contributed by atoms with E-state index >= 15 is 0 Å². The summed E-state index contributed by atoms with van der Waals surface area (Å²) in [7, 11) is 0. The van der Waals surface area contributed by atoms with Crippen LogP contribution in [0.3, 0.4) is 0 Å². The normalized spacial score (nSPS) is 13.2. The number of hydrogen-bond acceptors (Lipinski definition) is 9. The zero-order valence-electron chi connectivity index (χ0n) is 16.0. The molecule has 0 aliphatic rings. The van der Waals surface area contributed by atoms with Crippen LogP contribution in [-0.2, 0) is 25.8 Å². The predicted molar refractivity (Wildman–Crippen MR) is 94.8 cm³/mol. The summed E-state index contributed by atoms with van der Waals surface area (Å²) in [6, 6.07) is 0. The average Bonchev–Trinajstić information content (AvgIpc) is 3.04. The second kappa shape index (κ2) is 8.93. The number of hydrogen-bond donors (Lipinski definition) is 2. The summed E-state index contributed by atoms with van der Waals surface area (Å²) in [5.41, 5.74) is 0.410. The van der Waals surface area contributed by atoms with Crippen molar-refractivity contribution in [3.05, 3.63) is 22.5 Å². The third kappa shape index (κ3) is 6.31. The number of rotatable bonds is 12. The van der Waals surface area contributed by atoms with E-state index in [1.54, 1.807) is 13.8 Å². The fourth-order valence-corrected chi connectivity index (χ4v) is 1.90. The van der Waals surface area contributed by atoms with Crippen molar-refractivity contribution in [2.45, 2.75) is 58.3 Å². The molecular formula is C16H25N5O6. The molecule has 1 heterocycles. The molecule has 11 nitrogen and oxygen atoms in total. The van der Waals surface area contributed by atoms with Gasteiger partial charge >= 0.3 is 5.95 Å². The van der Waals surface area contributed by atoms with Gasteiger partial charge in [-0.3, -0.25) is 19.2 Å². The SMILES string of the molecule is CC(=O)C(C)(C)NC[C@@H](Cn1ccnc1[N+](=O)[O-])ONC(C)(C)C(=O)C=O. The van der Waals surface area contributed by atoms with Gasteiger partial charge in [0.25, 0.3) is 0 Å². The number of nitrogens with zero attached hydrogens (tertiary/aromatic N) is 3. The van der Waals surface area contributed by atoms with Crippen molar-refractivity contribution < 1.29 is 24.1 Å². The third-order valence-electron chi connectivity index (χ3n) is 4.11. The Morgan fingerprint density at radius 1 is 1.37 bits per heavy atom. The zero-order valence-corrected chi connectivity index (χ0v) is 16.0. The molecule has 0 saturated carbocycles. The van der Waals surface area contributed by atoms with Gasteiger partial charge in [-0.1, -0.05) is 4.98 Å². The molecule has 0 spiro atoms. The second-order valence-corrected chi connectivity index (χ2v) is 7.15. The lowest BCUT2D eigenvalue weighted by Crippen LogP contribution is -2.53. The Hall–Kier alpha value is -2.50. The highest BCUT2D eigenvalue weighted by Gasteiger charge is 2.31. The molecule has 0 amide bonds. The molecule has 27 heavy (non-hydrogen) atoms. The van der Waals surface area contributed by atoms with E-state index in [2.05, 4.69) is 15.8 Å². The van der Waals surface area contributed by atoms with Gasteiger partial charge in [-0.15, -0.1) is 0 Å². The number of imidazole rings is 1. The van der Waals surface area contributed by atoms with Crippen molar-refractivity contribution in [1.29, 1.82) is 0 Å². The minimum Gasteiger partial charge on any atom is -0.390 e. The molecule has 11 heteroatoms. The summed E-state index contributed by atoms with van der Waals surface area (Å²) in [5.74, 6) is -1.18. The zero-order chi connectivity index (χ0) is 20.8. The standard InChI is InChI=1S/C16H25N5O6/c1-11(23)15(2,3)18-8-12(27-19-16(4,5)13(24)10-22)9-20-7-6-17-14(20)21(25)26/h6-7,10,12,18-19H,8-9H2,1-5H3/t12-/m0/s1. The number of carbonyl (C=O) groups is 3. The summed E-state index contributed by atoms with van der Waals surface area (Å²) in [4.78, 5) is 53.7. The van der Waals surface area contributed by atoms with Crippen LogP contribution >= 0.6 is 0 Å². The highest BCUT2D eigenvalue weighted by atomic mass is 16.7. The monoisotopic (exact) mass is 383 g/mol. The van der Waals surface area contributed by atoms with Gasteiger partial charge in [0.2, 0.25) is 5.78 Å². The topological polar surface area (TPSA) is 145 Å². The summed E-state index contributed by atoms with van der Waals surface area (Å²) in [6.07, 6.45) is 2.18. The Morgan fingerprint density at radius 2 is 2.00 bits per heavy atom. The lowest BCUT2D eigenvalue weighted by molar-refractivity contribution is -0.397. The molecule has 1 aromatic rings. The van der Waals surface area contributed by atoms with E-state index in [-0.39, 0.29) is 31.1 Å². The molecule has 150 valence electrons. The quantitative estimate of drug-likeness (QED) is 0.223. The smallest absolute Gasteiger partial charge is 0.390 e. The van der Waals surface area contributed by atoms with Gasteiger partial charge in [-0.25, -0.2) is 4.57 Å². The highest BCUT2D eigenvalue weighted by Crippen LogP contribution is 2.12. The molecule has 0 bridgehead atoms. The summed E-state index contributed by atoms with van der Waals surface area (Å²) in [5, 5.41) is 14.1. The molecule has 1 aromatic heterocycles. The maximum Gasteiger partial charge on any atom is 0.434 e. The molecule has 1 rings (SSSR count). The molecule has 0 fully saturated rings. The van der Waals surface area contributed by atoms with Crippen molar-refractivity contribution in [3.63, 3.8) is 0 Å². The molecular weight excluding hydrogens is 358 g/mol. The number of Topliss-reactive ketones (excluding diaryl/α,β-unsaturated/α-hetero) is 2. The maximum absolute atomic E-state index is 11.7. The molecule has 0 aliphatic carbocycles. The Bertz CT molecular complexity index is 712. The van der Waals surface area contributed by atoms with Gasteiger partial charge < -0.3 is 15.4 Å². The van der Waals surface area contributed by atoms with Crippen LogP contribution in [0.2, 0.25) is 0 Å². The Labute approximate surface area is 156 Å². The van der Waals surface area contributed by atoms with Crippen LogP contribution in [0.5, 0.6) is 0 Å². The van der Waals surface area contributed by atoms with Crippen LogP contribution in [0, 0.1) is 10.1 Å². The van der Waals surface area contributed by atoms with Gasteiger partial charge in [0.15, 0.2) is 6.29 Å². The van der Waals surface area contributed by atoms with Crippen molar-refractivity contribution >= 4 is 23.8 Å². The fourth-order valence-electron chi connectivity index (χ4n) is 1.90. The molecule has 0 saturated heterocycles. The van der Waals surface area contributed by atoms with E-state index in [0.29, 0.717) is 0 Å². The first-order valence-corrected chi connectivity index (χ1v) is 8.24. The first kappa shape index (κ1) is 22.5. The summed E-state index contributed by atoms with van der Waals surface area (Å²) < 4.78 is 1.28. The van der Waals surface area contributed by atoms with Gasteiger partial charge in [0.05, 0.1) is 5.54 Å². The number of ketones is 2. The van der Waals surface area contributed by atoms with Crippen LogP contribution in [-0.4, -0.2) is 56.1 Å². The van der Waals surface area contributed by atoms with E-state index in [9.17, 15) is 24.5 Å².